The van der Waals surface area contributed by atoms with E-state index in [1.165, 1.54) is 0 Å². The molecular weight excluding hydrogens is 360 g/mol. The summed E-state index contributed by atoms with van der Waals surface area (Å²) in [4.78, 5) is 25.2. The molecule has 3 fully saturated rings. The maximum absolute atomic E-state index is 12.8. The SMILES string of the molecule is C[C@@]1(CO)CC[C@@H](O)[C@@]2(C)[C@@H]1[C@H](OC(=O)c1ccccc1)C[C@@H]1C(=O)OC[C@@H]12. The average Bonchev–Trinajstić information content (AvgIpc) is 3.07. The standard InChI is InChI=1S/C22H28O6/c1-21(12-23)9-8-17(24)22(2)15-11-27-20(26)14(15)10-16(18(21)22)28-19(25)13-6-4-3-5-7-13/h3-7,14-18,23-24H,8-12H2,1-2H3/t14-,15-,16+,17+,18+,21-,22-/m0/s1. The van der Waals surface area contributed by atoms with Gasteiger partial charge < -0.3 is 19.7 Å². The highest BCUT2D eigenvalue weighted by Gasteiger charge is 2.67. The minimum atomic E-state index is -0.674. The molecule has 2 aliphatic carbocycles. The van der Waals surface area contributed by atoms with Crippen molar-refractivity contribution in [2.24, 2.45) is 28.6 Å². The number of carbonyl (C=O) groups is 2. The van der Waals surface area contributed by atoms with Crippen molar-refractivity contribution in [1.82, 2.24) is 0 Å². The van der Waals surface area contributed by atoms with Crippen molar-refractivity contribution in [2.75, 3.05) is 13.2 Å². The molecule has 3 aliphatic rings. The Bertz CT molecular complexity index is 764. The third-order valence-electron chi connectivity index (χ3n) is 7.61. The maximum atomic E-state index is 12.8. The number of benzene rings is 1. The molecule has 0 unspecified atom stereocenters. The molecule has 6 heteroatoms. The molecule has 2 N–H and O–H groups in total. The topological polar surface area (TPSA) is 93.1 Å². The Labute approximate surface area is 164 Å². The number of carbonyl (C=O) groups excluding carboxylic acids is 2. The fraction of sp³-hybridized carbons (Fsp3) is 0.636. The molecular formula is C22H28O6. The lowest BCUT2D eigenvalue weighted by Crippen LogP contribution is -2.64. The van der Waals surface area contributed by atoms with Crippen LogP contribution >= 0.6 is 0 Å². The molecule has 0 spiro atoms. The van der Waals surface area contributed by atoms with Gasteiger partial charge in [-0.1, -0.05) is 32.0 Å². The number of cyclic esters (lactones) is 1. The molecule has 2 saturated carbocycles. The van der Waals surface area contributed by atoms with E-state index in [-0.39, 0.29) is 31.0 Å². The van der Waals surface area contributed by atoms with E-state index in [4.69, 9.17) is 9.47 Å². The second-order valence-electron chi connectivity index (χ2n) is 9.10. The third kappa shape index (κ3) is 2.77. The number of ether oxygens (including phenoxy) is 2. The van der Waals surface area contributed by atoms with Crippen molar-refractivity contribution in [1.29, 1.82) is 0 Å². The van der Waals surface area contributed by atoms with E-state index in [1.54, 1.807) is 24.3 Å². The predicted octanol–water partition coefficient (Wildman–Crippen LogP) is 2.18. The van der Waals surface area contributed by atoms with Gasteiger partial charge in [-0.15, -0.1) is 0 Å². The highest BCUT2D eigenvalue weighted by atomic mass is 16.6. The van der Waals surface area contributed by atoms with E-state index in [2.05, 4.69) is 0 Å². The highest BCUT2D eigenvalue weighted by molar-refractivity contribution is 5.89. The first-order valence-corrected chi connectivity index (χ1v) is 10.0. The van der Waals surface area contributed by atoms with Gasteiger partial charge in [-0.25, -0.2) is 4.79 Å². The number of rotatable bonds is 3. The molecule has 0 bridgehead atoms. The number of hydrogen-bond acceptors (Lipinski definition) is 6. The van der Waals surface area contributed by atoms with Gasteiger partial charge in [0.15, 0.2) is 0 Å². The summed E-state index contributed by atoms with van der Waals surface area (Å²) >= 11 is 0. The number of aliphatic hydroxyl groups is 2. The molecule has 0 aromatic heterocycles. The minimum absolute atomic E-state index is 0.0639. The second kappa shape index (κ2) is 6.85. The fourth-order valence-corrected chi connectivity index (χ4v) is 6.11. The van der Waals surface area contributed by atoms with Crippen molar-refractivity contribution in [3.8, 4) is 0 Å². The molecule has 4 rings (SSSR count). The van der Waals surface area contributed by atoms with Gasteiger partial charge >= 0.3 is 11.9 Å². The van der Waals surface area contributed by atoms with Crippen LogP contribution in [0.4, 0.5) is 0 Å². The Morgan fingerprint density at radius 1 is 1.29 bits per heavy atom. The van der Waals surface area contributed by atoms with Gasteiger partial charge in [0.05, 0.1) is 24.2 Å². The van der Waals surface area contributed by atoms with Gasteiger partial charge in [0.1, 0.15) is 6.10 Å². The minimum Gasteiger partial charge on any atom is -0.465 e. The summed E-state index contributed by atoms with van der Waals surface area (Å²) in [5.74, 6) is -1.53. The molecule has 152 valence electrons. The molecule has 1 heterocycles. The Morgan fingerprint density at radius 3 is 2.68 bits per heavy atom. The Hall–Kier alpha value is -1.92. The van der Waals surface area contributed by atoms with Crippen molar-refractivity contribution >= 4 is 11.9 Å². The molecule has 1 aliphatic heterocycles. The summed E-state index contributed by atoms with van der Waals surface area (Å²) < 4.78 is 11.3. The van der Waals surface area contributed by atoms with Crippen LogP contribution in [0.5, 0.6) is 0 Å². The van der Waals surface area contributed by atoms with Crippen LogP contribution in [0.3, 0.4) is 0 Å². The van der Waals surface area contributed by atoms with Crippen LogP contribution in [0.15, 0.2) is 30.3 Å². The normalized spacial score (nSPS) is 42.3. The van der Waals surface area contributed by atoms with E-state index >= 15 is 0 Å². The summed E-state index contributed by atoms with van der Waals surface area (Å²) in [6, 6.07) is 8.76. The van der Waals surface area contributed by atoms with E-state index in [9.17, 15) is 19.8 Å². The monoisotopic (exact) mass is 388 g/mol. The number of esters is 2. The summed E-state index contributed by atoms with van der Waals surface area (Å²) in [5, 5.41) is 21.2. The zero-order valence-corrected chi connectivity index (χ0v) is 16.3. The Kier molecular flexibility index (Phi) is 4.74. The van der Waals surface area contributed by atoms with E-state index < -0.39 is 34.9 Å². The molecule has 7 atom stereocenters. The van der Waals surface area contributed by atoms with E-state index in [1.807, 2.05) is 19.9 Å². The van der Waals surface area contributed by atoms with Gasteiger partial charge in [0.25, 0.3) is 0 Å². The van der Waals surface area contributed by atoms with Crippen LogP contribution in [-0.4, -0.2) is 47.6 Å². The fourth-order valence-electron chi connectivity index (χ4n) is 6.11. The van der Waals surface area contributed by atoms with Gasteiger partial charge in [-0.2, -0.15) is 0 Å². The van der Waals surface area contributed by atoms with Crippen LogP contribution in [-0.2, 0) is 14.3 Å². The van der Waals surface area contributed by atoms with Crippen LogP contribution < -0.4 is 0 Å². The van der Waals surface area contributed by atoms with Crippen molar-refractivity contribution < 1.29 is 29.3 Å². The lowest BCUT2D eigenvalue weighted by atomic mass is 9.44. The summed E-state index contributed by atoms with van der Waals surface area (Å²) in [5.41, 5.74) is -0.735. The number of hydrogen-bond donors (Lipinski definition) is 2. The van der Waals surface area contributed by atoms with Crippen LogP contribution in [0.1, 0.15) is 43.5 Å². The third-order valence-corrected chi connectivity index (χ3v) is 7.61. The lowest BCUT2D eigenvalue weighted by molar-refractivity contribution is -0.212. The smallest absolute Gasteiger partial charge is 0.338 e. The summed E-state index contributed by atoms with van der Waals surface area (Å²) in [7, 11) is 0. The first-order chi connectivity index (χ1) is 13.3. The molecule has 28 heavy (non-hydrogen) atoms. The van der Waals surface area contributed by atoms with Crippen LogP contribution in [0.25, 0.3) is 0 Å². The van der Waals surface area contributed by atoms with E-state index in [0.717, 1.165) is 0 Å². The molecule has 1 saturated heterocycles. The van der Waals surface area contributed by atoms with Gasteiger partial charge in [0.2, 0.25) is 0 Å². The van der Waals surface area contributed by atoms with Crippen molar-refractivity contribution in [3.63, 3.8) is 0 Å². The first kappa shape index (κ1) is 19.4. The van der Waals surface area contributed by atoms with Gasteiger partial charge in [0, 0.05) is 23.9 Å². The lowest BCUT2D eigenvalue weighted by Gasteiger charge is -2.61. The molecule has 0 radical (unpaired) electrons. The second-order valence-corrected chi connectivity index (χ2v) is 9.10. The van der Waals surface area contributed by atoms with Gasteiger partial charge in [-0.05, 0) is 36.8 Å². The zero-order valence-electron chi connectivity index (χ0n) is 16.3. The largest absolute Gasteiger partial charge is 0.465 e. The van der Waals surface area contributed by atoms with Crippen LogP contribution in [0.2, 0.25) is 0 Å². The quantitative estimate of drug-likeness (QED) is 0.771. The zero-order chi connectivity index (χ0) is 20.1. The number of aliphatic hydroxyl groups excluding tert-OH is 2. The molecule has 0 amide bonds. The maximum Gasteiger partial charge on any atom is 0.338 e. The Morgan fingerprint density at radius 2 is 2.00 bits per heavy atom. The number of fused-ring (bicyclic) bond motifs is 3. The molecule has 1 aromatic carbocycles. The highest BCUT2D eigenvalue weighted by Crippen LogP contribution is 2.63. The van der Waals surface area contributed by atoms with Gasteiger partial charge in [-0.3, -0.25) is 4.79 Å². The Balaban J connectivity index is 1.73. The van der Waals surface area contributed by atoms with E-state index in [0.29, 0.717) is 24.8 Å². The van der Waals surface area contributed by atoms with Crippen molar-refractivity contribution in [2.45, 2.75) is 45.3 Å². The predicted molar refractivity (Wildman–Crippen MR) is 100 cm³/mol. The summed E-state index contributed by atoms with van der Waals surface area (Å²) in [6.07, 6.45) is 0.330. The molecule has 6 nitrogen and oxygen atoms in total. The van der Waals surface area contributed by atoms with Crippen molar-refractivity contribution in [3.05, 3.63) is 35.9 Å². The molecule has 1 aromatic rings. The first-order valence-electron chi connectivity index (χ1n) is 10.0. The van der Waals surface area contributed by atoms with Crippen LogP contribution in [0, 0.1) is 28.6 Å². The summed E-state index contributed by atoms with van der Waals surface area (Å²) in [6.45, 7) is 4.17. The average molecular weight is 388 g/mol.